The van der Waals surface area contributed by atoms with Gasteiger partial charge in [-0.15, -0.1) is 11.8 Å². The number of aliphatic hydroxyl groups excluding tert-OH is 3. The van der Waals surface area contributed by atoms with Crippen molar-refractivity contribution in [2.24, 2.45) is 0 Å². The standard InChI is InChI=1S/C15H17NO5S/c1-8-11(6-16-21-8)9-3-2-4-10(5-9)20-15-14(19)13(18)12(17)7-22-15/h2-6,12-15,17-19H,7H2,1H3/t12-,13+,14-,15+/m1/s1. The highest BCUT2D eigenvalue weighted by molar-refractivity contribution is 7.99. The van der Waals surface area contributed by atoms with E-state index >= 15 is 0 Å². The summed E-state index contributed by atoms with van der Waals surface area (Å²) in [6.45, 7) is 1.83. The van der Waals surface area contributed by atoms with Gasteiger partial charge < -0.3 is 24.6 Å². The van der Waals surface area contributed by atoms with Crippen LogP contribution in [0.4, 0.5) is 0 Å². The smallest absolute Gasteiger partial charge is 0.173 e. The fraction of sp³-hybridized carbons (Fsp3) is 0.400. The third-order valence-electron chi connectivity index (χ3n) is 3.60. The molecule has 1 aliphatic heterocycles. The molecule has 0 bridgehead atoms. The molecule has 1 aromatic heterocycles. The summed E-state index contributed by atoms with van der Waals surface area (Å²) in [4.78, 5) is 0. The van der Waals surface area contributed by atoms with Crippen LogP contribution in [-0.4, -0.2) is 50.0 Å². The van der Waals surface area contributed by atoms with Gasteiger partial charge in [-0.25, -0.2) is 0 Å². The van der Waals surface area contributed by atoms with Gasteiger partial charge in [0.2, 0.25) is 0 Å². The number of aromatic nitrogens is 1. The first-order valence-corrected chi connectivity index (χ1v) is 7.95. The molecule has 7 heteroatoms. The number of aliphatic hydroxyl groups is 3. The van der Waals surface area contributed by atoms with Crippen molar-refractivity contribution < 1.29 is 24.6 Å². The lowest BCUT2D eigenvalue weighted by atomic mass is 10.1. The zero-order valence-electron chi connectivity index (χ0n) is 11.9. The first kappa shape index (κ1) is 15.4. The molecule has 6 nitrogen and oxygen atoms in total. The maximum atomic E-state index is 9.99. The summed E-state index contributed by atoms with van der Waals surface area (Å²) < 4.78 is 10.8. The lowest BCUT2D eigenvalue weighted by Crippen LogP contribution is -2.50. The van der Waals surface area contributed by atoms with E-state index in [0.717, 1.165) is 11.1 Å². The number of thioether (sulfide) groups is 1. The van der Waals surface area contributed by atoms with Crippen LogP contribution in [0.15, 0.2) is 35.0 Å². The van der Waals surface area contributed by atoms with Crippen LogP contribution >= 0.6 is 11.8 Å². The number of rotatable bonds is 3. The lowest BCUT2D eigenvalue weighted by molar-refractivity contribution is -0.0786. The fourth-order valence-electron chi connectivity index (χ4n) is 2.33. The van der Waals surface area contributed by atoms with Crippen LogP contribution in [0, 0.1) is 6.92 Å². The summed E-state index contributed by atoms with van der Waals surface area (Å²) in [6, 6.07) is 7.35. The summed E-state index contributed by atoms with van der Waals surface area (Å²) in [7, 11) is 0. The van der Waals surface area contributed by atoms with Crippen LogP contribution in [0.1, 0.15) is 5.76 Å². The van der Waals surface area contributed by atoms with E-state index in [-0.39, 0.29) is 0 Å². The molecular formula is C15H17NO5S. The van der Waals surface area contributed by atoms with Crippen molar-refractivity contribution in [1.82, 2.24) is 5.16 Å². The average Bonchev–Trinajstić information content (AvgIpc) is 2.94. The Morgan fingerprint density at radius 2 is 2.09 bits per heavy atom. The number of hydrogen-bond donors (Lipinski definition) is 3. The summed E-state index contributed by atoms with van der Waals surface area (Å²) >= 11 is 1.27. The van der Waals surface area contributed by atoms with Gasteiger partial charge in [-0.1, -0.05) is 17.3 Å². The highest BCUT2D eigenvalue weighted by Gasteiger charge is 2.38. The van der Waals surface area contributed by atoms with E-state index in [1.54, 1.807) is 12.3 Å². The topological polar surface area (TPSA) is 96.0 Å². The molecule has 0 amide bonds. The molecule has 3 N–H and O–H groups in total. The predicted molar refractivity (Wildman–Crippen MR) is 81.6 cm³/mol. The molecule has 2 heterocycles. The molecule has 3 rings (SSSR count). The van der Waals surface area contributed by atoms with Gasteiger partial charge in [-0.05, 0) is 24.6 Å². The number of nitrogens with zero attached hydrogens (tertiary/aromatic N) is 1. The van der Waals surface area contributed by atoms with E-state index < -0.39 is 23.7 Å². The quantitative estimate of drug-likeness (QED) is 0.780. The summed E-state index contributed by atoms with van der Waals surface area (Å²) in [6.07, 6.45) is -1.64. The molecule has 0 unspecified atom stereocenters. The zero-order chi connectivity index (χ0) is 15.7. The van der Waals surface area contributed by atoms with Crippen molar-refractivity contribution in [3.8, 4) is 16.9 Å². The Morgan fingerprint density at radius 3 is 2.82 bits per heavy atom. The molecule has 1 saturated heterocycles. The summed E-state index contributed by atoms with van der Waals surface area (Å²) in [5, 5.41) is 33.0. The van der Waals surface area contributed by atoms with Crippen molar-refractivity contribution in [2.45, 2.75) is 30.7 Å². The Morgan fingerprint density at radius 1 is 1.27 bits per heavy atom. The molecule has 0 radical (unpaired) electrons. The Kier molecular flexibility index (Phi) is 4.39. The average molecular weight is 323 g/mol. The molecule has 22 heavy (non-hydrogen) atoms. The largest absolute Gasteiger partial charge is 0.477 e. The molecule has 1 aromatic carbocycles. The van der Waals surface area contributed by atoms with Crippen LogP contribution in [0.25, 0.3) is 11.1 Å². The number of aryl methyl sites for hydroxylation is 1. The highest BCUT2D eigenvalue weighted by Crippen LogP contribution is 2.31. The van der Waals surface area contributed by atoms with Crippen molar-refractivity contribution in [3.63, 3.8) is 0 Å². The minimum Gasteiger partial charge on any atom is -0.477 e. The van der Waals surface area contributed by atoms with Crippen molar-refractivity contribution in [3.05, 3.63) is 36.2 Å². The normalized spacial score (nSPS) is 28.5. The van der Waals surface area contributed by atoms with Gasteiger partial charge in [0.05, 0.1) is 12.3 Å². The maximum absolute atomic E-state index is 9.99. The van der Waals surface area contributed by atoms with Crippen LogP contribution in [0.3, 0.4) is 0 Å². The predicted octanol–water partition coefficient (Wildman–Crippen LogP) is 1.18. The Labute approximate surface area is 131 Å². The van der Waals surface area contributed by atoms with E-state index in [1.165, 1.54) is 11.8 Å². The first-order chi connectivity index (χ1) is 10.6. The molecule has 4 atom stereocenters. The van der Waals surface area contributed by atoms with Gasteiger partial charge in [0.15, 0.2) is 5.44 Å². The van der Waals surface area contributed by atoms with Crippen molar-refractivity contribution >= 4 is 11.8 Å². The molecular weight excluding hydrogens is 306 g/mol. The lowest BCUT2D eigenvalue weighted by Gasteiger charge is -2.34. The number of ether oxygens (including phenoxy) is 1. The molecule has 0 aliphatic carbocycles. The maximum Gasteiger partial charge on any atom is 0.173 e. The second-order valence-corrected chi connectivity index (χ2v) is 6.32. The molecule has 1 aliphatic rings. The minimum atomic E-state index is -1.20. The Bertz CT molecular complexity index is 646. The summed E-state index contributed by atoms with van der Waals surface area (Å²) in [5.41, 5.74) is 1.14. The van der Waals surface area contributed by atoms with Gasteiger partial charge in [-0.3, -0.25) is 0 Å². The van der Waals surface area contributed by atoms with Gasteiger partial charge in [0.25, 0.3) is 0 Å². The second-order valence-electron chi connectivity index (χ2n) is 5.19. The van der Waals surface area contributed by atoms with Crippen molar-refractivity contribution in [1.29, 1.82) is 0 Å². The molecule has 0 spiro atoms. The molecule has 2 aromatic rings. The summed E-state index contributed by atoms with van der Waals surface area (Å²) in [5.74, 6) is 1.59. The molecule has 0 saturated carbocycles. The van der Waals surface area contributed by atoms with Gasteiger partial charge in [-0.2, -0.15) is 0 Å². The fourth-order valence-corrected chi connectivity index (χ4v) is 3.45. The van der Waals surface area contributed by atoms with Gasteiger partial charge in [0, 0.05) is 11.3 Å². The Balaban J connectivity index is 1.78. The highest BCUT2D eigenvalue weighted by atomic mass is 32.2. The van der Waals surface area contributed by atoms with E-state index in [9.17, 15) is 15.3 Å². The minimum absolute atomic E-state index is 0.313. The van der Waals surface area contributed by atoms with E-state index in [0.29, 0.717) is 17.3 Å². The van der Waals surface area contributed by atoms with Gasteiger partial charge in [0.1, 0.15) is 23.7 Å². The van der Waals surface area contributed by atoms with Crippen LogP contribution in [-0.2, 0) is 0 Å². The number of benzene rings is 1. The van der Waals surface area contributed by atoms with Crippen molar-refractivity contribution in [2.75, 3.05) is 5.75 Å². The monoisotopic (exact) mass is 323 g/mol. The van der Waals surface area contributed by atoms with E-state index in [2.05, 4.69) is 5.16 Å². The van der Waals surface area contributed by atoms with Crippen LogP contribution in [0.5, 0.6) is 5.75 Å². The van der Waals surface area contributed by atoms with E-state index in [1.807, 2.05) is 25.1 Å². The molecule has 118 valence electrons. The molecule has 1 fully saturated rings. The SMILES string of the molecule is Cc1oncc1-c1cccc(O[C@H]2SC[C@@H](O)[C@H](O)[C@H]2O)c1. The van der Waals surface area contributed by atoms with Crippen LogP contribution in [0.2, 0.25) is 0 Å². The van der Waals surface area contributed by atoms with Crippen LogP contribution < -0.4 is 4.74 Å². The third-order valence-corrected chi connectivity index (χ3v) is 4.84. The zero-order valence-corrected chi connectivity index (χ0v) is 12.7. The number of hydrogen-bond acceptors (Lipinski definition) is 7. The third kappa shape index (κ3) is 2.98. The van der Waals surface area contributed by atoms with Gasteiger partial charge >= 0.3 is 0 Å². The first-order valence-electron chi connectivity index (χ1n) is 6.90. The Hall–Kier alpha value is -1.54. The van der Waals surface area contributed by atoms with E-state index in [4.69, 9.17) is 9.26 Å². The second kappa shape index (κ2) is 6.29.